The minimum atomic E-state index is -0.830. The van der Waals surface area contributed by atoms with Gasteiger partial charge in [-0.15, -0.1) is 0 Å². The van der Waals surface area contributed by atoms with Crippen LogP contribution >= 0.6 is 0 Å². The average molecular weight is 385 g/mol. The summed E-state index contributed by atoms with van der Waals surface area (Å²) in [6.45, 7) is 10.7. The third kappa shape index (κ3) is 2.06. The van der Waals surface area contributed by atoms with Gasteiger partial charge in [0.1, 0.15) is 5.70 Å². The van der Waals surface area contributed by atoms with Gasteiger partial charge < -0.3 is 29.1 Å². The van der Waals surface area contributed by atoms with Gasteiger partial charge in [0.15, 0.2) is 5.60 Å². The molecular weight excluding hydrogens is 361 g/mol. The number of nitrogens with zero attached hydrogens (tertiary/aromatic N) is 1. The highest BCUT2D eigenvalue weighted by Crippen LogP contribution is 2.51. The number of aliphatic hydroxyl groups is 1. The van der Waals surface area contributed by atoms with Crippen molar-refractivity contribution in [3.8, 4) is 0 Å². The Bertz CT molecular complexity index is 546. The monoisotopic (exact) mass is 385 g/mol. The van der Waals surface area contributed by atoms with E-state index < -0.39 is 5.60 Å². The van der Waals surface area contributed by atoms with Crippen molar-refractivity contribution >= 4 is 0 Å². The average Bonchev–Trinajstić information content (AvgIpc) is 2.39. The van der Waals surface area contributed by atoms with E-state index in [2.05, 4.69) is 45.7 Å². The number of piperidine rings is 3. The fourth-order valence-electron chi connectivity index (χ4n) is 3.85. The Morgan fingerprint density at radius 3 is 2.35 bits per heavy atom. The predicted molar refractivity (Wildman–Crippen MR) is 77.6 cm³/mol. The van der Waals surface area contributed by atoms with E-state index in [1.807, 2.05) is 0 Å². The molecule has 0 aliphatic carbocycles. The molecule has 4 rings (SSSR count). The molecule has 0 saturated carbocycles. The number of aryl methyl sites for hydroxylation is 2. The molecule has 3 fully saturated rings. The zero-order valence-electron chi connectivity index (χ0n) is 12.6. The summed E-state index contributed by atoms with van der Waals surface area (Å²) in [5.41, 5.74) is 3.72. The molecule has 3 aliphatic heterocycles. The van der Waals surface area contributed by atoms with Crippen LogP contribution in [0.1, 0.15) is 29.5 Å². The Morgan fingerprint density at radius 2 is 1.80 bits per heavy atom. The molecule has 110 valence electrons. The van der Waals surface area contributed by atoms with Crippen LogP contribution in [-0.2, 0) is 5.60 Å². The smallest absolute Gasteiger partial charge is 0.166 e. The lowest BCUT2D eigenvalue weighted by atomic mass is 9.68. The largest absolute Gasteiger partial charge is 1.00 e. The third-order valence-corrected chi connectivity index (χ3v) is 5.57. The Hall–Kier alpha value is -0.390. The van der Waals surface area contributed by atoms with E-state index in [0.717, 1.165) is 41.7 Å². The Balaban J connectivity index is 0.00000147. The molecule has 1 aromatic rings. The maximum atomic E-state index is 11.4. The Morgan fingerprint density at radius 1 is 1.20 bits per heavy atom. The van der Waals surface area contributed by atoms with Crippen molar-refractivity contribution in [1.29, 1.82) is 0 Å². The van der Waals surface area contributed by atoms with Gasteiger partial charge >= 0.3 is 0 Å². The van der Waals surface area contributed by atoms with Crippen molar-refractivity contribution in [2.45, 2.75) is 32.3 Å². The first kappa shape index (κ1) is 16.0. The second-order valence-electron chi connectivity index (χ2n) is 6.63. The van der Waals surface area contributed by atoms with Gasteiger partial charge in [0.05, 0.1) is 20.1 Å². The van der Waals surface area contributed by atoms with Crippen LogP contribution < -0.4 is 24.0 Å². The van der Waals surface area contributed by atoms with Gasteiger partial charge in [-0.2, -0.15) is 0 Å². The number of hydrogen-bond acceptors (Lipinski definition) is 1. The van der Waals surface area contributed by atoms with Crippen molar-refractivity contribution < 1.29 is 33.6 Å². The number of likely N-dealkylation sites (N-methyl/N-ethyl adjacent to an activating group) is 1. The molecule has 3 saturated heterocycles. The zero-order valence-corrected chi connectivity index (χ0v) is 14.8. The molecule has 1 aromatic carbocycles. The minimum Gasteiger partial charge on any atom is -1.00 e. The van der Waals surface area contributed by atoms with Crippen molar-refractivity contribution in [1.82, 2.24) is 0 Å². The van der Waals surface area contributed by atoms with Crippen LogP contribution in [-0.4, -0.2) is 29.7 Å². The van der Waals surface area contributed by atoms with E-state index in [4.69, 9.17) is 0 Å². The lowest BCUT2D eigenvalue weighted by Gasteiger charge is -2.55. The number of halogens is 1. The molecule has 0 aromatic heterocycles. The van der Waals surface area contributed by atoms with Crippen LogP contribution in [0, 0.1) is 19.8 Å². The van der Waals surface area contributed by atoms with E-state index in [1.165, 1.54) is 11.1 Å². The quantitative estimate of drug-likeness (QED) is 0.528. The fourth-order valence-corrected chi connectivity index (χ4v) is 3.85. The van der Waals surface area contributed by atoms with Crippen molar-refractivity contribution in [2.24, 2.45) is 5.92 Å². The molecule has 3 heterocycles. The van der Waals surface area contributed by atoms with Crippen LogP contribution in [0.2, 0.25) is 0 Å². The van der Waals surface area contributed by atoms with Crippen molar-refractivity contribution in [3.63, 3.8) is 0 Å². The van der Waals surface area contributed by atoms with Gasteiger partial charge in [-0.25, -0.2) is 0 Å². The molecule has 3 heteroatoms. The van der Waals surface area contributed by atoms with Gasteiger partial charge in [0.2, 0.25) is 0 Å². The van der Waals surface area contributed by atoms with Gasteiger partial charge in [-0.1, -0.05) is 18.2 Å². The molecule has 20 heavy (non-hydrogen) atoms. The summed E-state index contributed by atoms with van der Waals surface area (Å²) in [6.07, 6.45) is 2.19. The molecule has 0 radical (unpaired) electrons. The van der Waals surface area contributed by atoms with E-state index in [9.17, 15) is 5.11 Å². The molecule has 2 bridgehead atoms. The summed E-state index contributed by atoms with van der Waals surface area (Å²) in [5.74, 6) is 0.335. The molecule has 1 N–H and O–H groups in total. The summed E-state index contributed by atoms with van der Waals surface area (Å²) in [4.78, 5) is 0. The van der Waals surface area contributed by atoms with E-state index in [0.29, 0.717) is 5.92 Å². The van der Waals surface area contributed by atoms with Crippen molar-refractivity contribution in [3.05, 3.63) is 47.2 Å². The normalized spacial score (nSPS) is 35.8. The number of rotatable bonds is 1. The first-order valence-corrected chi connectivity index (χ1v) is 7.22. The van der Waals surface area contributed by atoms with Crippen LogP contribution in [0.25, 0.3) is 0 Å². The highest BCUT2D eigenvalue weighted by molar-refractivity contribution is 5.38. The molecule has 1 unspecified atom stereocenters. The first-order chi connectivity index (χ1) is 8.88. The lowest BCUT2D eigenvalue weighted by Crippen LogP contribution is -3.00. The maximum Gasteiger partial charge on any atom is 0.166 e. The molecule has 0 spiro atoms. The Labute approximate surface area is 139 Å². The minimum absolute atomic E-state index is 0. The predicted octanol–water partition coefficient (Wildman–Crippen LogP) is -0.121. The number of quaternary nitrogens is 1. The molecule has 1 atom stereocenters. The molecule has 0 amide bonds. The highest BCUT2D eigenvalue weighted by Gasteiger charge is 2.57. The fraction of sp³-hybridized carbons (Fsp3) is 0.529. The van der Waals surface area contributed by atoms with E-state index >= 15 is 0 Å². The number of benzene rings is 1. The second kappa shape index (κ2) is 5.11. The van der Waals surface area contributed by atoms with Gasteiger partial charge in [-0.05, 0) is 37.1 Å². The van der Waals surface area contributed by atoms with E-state index in [-0.39, 0.29) is 24.0 Å². The summed E-state index contributed by atoms with van der Waals surface area (Å²) < 4.78 is 0.833. The van der Waals surface area contributed by atoms with Crippen LogP contribution in [0.3, 0.4) is 0 Å². The number of fused-ring (bicyclic) bond motifs is 3. The van der Waals surface area contributed by atoms with E-state index in [1.54, 1.807) is 0 Å². The van der Waals surface area contributed by atoms with Crippen LogP contribution in [0.5, 0.6) is 0 Å². The highest BCUT2D eigenvalue weighted by atomic mass is 127. The molecule has 3 aliphatic rings. The molecule has 2 nitrogen and oxygen atoms in total. The Kier molecular flexibility index (Phi) is 4.08. The van der Waals surface area contributed by atoms with Gasteiger partial charge in [0.25, 0.3) is 0 Å². The number of hydrogen-bond donors (Lipinski definition) is 1. The van der Waals surface area contributed by atoms with Crippen LogP contribution in [0.4, 0.5) is 0 Å². The van der Waals surface area contributed by atoms with Gasteiger partial charge in [-0.3, -0.25) is 4.48 Å². The third-order valence-electron chi connectivity index (χ3n) is 5.57. The zero-order chi connectivity index (χ0) is 13.8. The summed E-state index contributed by atoms with van der Waals surface area (Å²) in [5, 5.41) is 11.4. The standard InChI is InChI=1S/C17H24NO.HI/c1-12-5-6-16(11-13(12)2)17(19)14(3)18(4)9-7-15(17)8-10-18;/h5-6,11,15,19H,3,7-10H2,1-2,4H3;1H/q+1;/p-1. The van der Waals surface area contributed by atoms with Crippen molar-refractivity contribution in [2.75, 3.05) is 20.1 Å². The summed E-state index contributed by atoms with van der Waals surface area (Å²) in [7, 11) is 2.21. The summed E-state index contributed by atoms with van der Waals surface area (Å²) >= 11 is 0. The lowest BCUT2D eigenvalue weighted by molar-refractivity contribution is -0.896. The SMILES string of the molecule is C=C1C(O)(c2ccc(C)c(C)c2)C2CC[N+]1(C)CC2.[I-]. The van der Waals surface area contributed by atoms with Crippen LogP contribution in [0.15, 0.2) is 30.5 Å². The second-order valence-corrected chi connectivity index (χ2v) is 6.63. The first-order valence-electron chi connectivity index (χ1n) is 7.22. The topological polar surface area (TPSA) is 20.2 Å². The van der Waals surface area contributed by atoms with Gasteiger partial charge in [0, 0.05) is 18.8 Å². The molecular formula is C17H24INO. The maximum absolute atomic E-state index is 11.4. The summed E-state index contributed by atoms with van der Waals surface area (Å²) in [6, 6.07) is 6.35.